The number of nitrogens with zero attached hydrogens (tertiary/aromatic N) is 3. The molecular weight excluding hydrogens is 370 g/mol. The summed E-state index contributed by atoms with van der Waals surface area (Å²) in [7, 11) is -0.449. The Morgan fingerprint density at radius 1 is 1.19 bits per heavy atom. The number of fused-ring (bicyclic) bond motifs is 1. The molecule has 2 fully saturated rings. The molecule has 0 unspecified atom stereocenters. The third-order valence-electron chi connectivity index (χ3n) is 5.71. The molecule has 2 aliphatic rings. The van der Waals surface area contributed by atoms with Gasteiger partial charge in [0, 0.05) is 52.7 Å². The summed E-state index contributed by atoms with van der Waals surface area (Å²) in [4.78, 5) is 13.2. The zero-order valence-corrected chi connectivity index (χ0v) is 16.5. The van der Waals surface area contributed by atoms with Crippen LogP contribution < -0.4 is 0 Å². The predicted octanol–water partition coefficient (Wildman–Crippen LogP) is 0.450. The number of rotatable bonds is 5. The minimum atomic E-state index is -3.49. The average Bonchev–Trinajstić information content (AvgIpc) is 2.61. The van der Waals surface area contributed by atoms with Gasteiger partial charge in [0.2, 0.25) is 0 Å². The Kier molecular flexibility index (Phi) is 5.60. The fourth-order valence-corrected chi connectivity index (χ4v) is 5.09. The molecule has 1 aromatic rings. The van der Waals surface area contributed by atoms with Crippen LogP contribution in [0.4, 0.5) is 0 Å². The van der Waals surface area contributed by atoms with E-state index < -0.39 is 21.8 Å². The van der Waals surface area contributed by atoms with Gasteiger partial charge in [-0.3, -0.25) is 4.90 Å². The van der Waals surface area contributed by atoms with Gasteiger partial charge in [0.1, 0.15) is 0 Å². The second-order valence-electron chi connectivity index (χ2n) is 7.69. The Bertz CT molecular complexity index is 796. The van der Waals surface area contributed by atoms with Gasteiger partial charge in [0.15, 0.2) is 0 Å². The van der Waals surface area contributed by atoms with Crippen LogP contribution in [0.15, 0.2) is 24.3 Å². The van der Waals surface area contributed by atoms with Crippen molar-refractivity contribution in [2.45, 2.75) is 25.0 Å². The standard InChI is InChI=1S/C18H27N3O5S/c1-19(2)27(25,26)21-10-8-18(24)7-9-20(12-16(18)13-21)11-14-3-5-15(6-4-14)17(22)23/h3-6,16,24H,7-13H2,1-2H3,(H,22,23)/t16-,18-/m1/s1. The Balaban J connectivity index is 1.68. The van der Waals surface area contributed by atoms with Crippen LogP contribution in [0.2, 0.25) is 0 Å². The quantitative estimate of drug-likeness (QED) is 0.748. The molecule has 0 saturated carbocycles. The van der Waals surface area contributed by atoms with Gasteiger partial charge in [-0.2, -0.15) is 17.0 Å². The first-order valence-corrected chi connectivity index (χ1v) is 10.5. The van der Waals surface area contributed by atoms with Crippen molar-refractivity contribution in [2.24, 2.45) is 5.92 Å². The fraction of sp³-hybridized carbons (Fsp3) is 0.611. The Morgan fingerprint density at radius 2 is 1.81 bits per heavy atom. The lowest BCUT2D eigenvalue weighted by atomic mass is 9.76. The van der Waals surface area contributed by atoms with Gasteiger partial charge in [-0.1, -0.05) is 12.1 Å². The predicted molar refractivity (Wildman–Crippen MR) is 101 cm³/mol. The number of hydrogen-bond donors (Lipinski definition) is 2. The van der Waals surface area contributed by atoms with Crippen LogP contribution in [0, 0.1) is 5.92 Å². The van der Waals surface area contributed by atoms with Gasteiger partial charge >= 0.3 is 5.97 Å². The van der Waals surface area contributed by atoms with Crippen LogP contribution in [0.3, 0.4) is 0 Å². The first-order valence-electron chi connectivity index (χ1n) is 9.06. The van der Waals surface area contributed by atoms with Gasteiger partial charge < -0.3 is 10.2 Å². The maximum Gasteiger partial charge on any atom is 0.335 e. The molecule has 2 heterocycles. The molecule has 9 heteroatoms. The van der Waals surface area contributed by atoms with E-state index in [9.17, 15) is 18.3 Å². The summed E-state index contributed by atoms with van der Waals surface area (Å²) in [5.41, 5.74) is 0.435. The zero-order chi connectivity index (χ0) is 19.8. The number of carboxylic acids is 1. The summed E-state index contributed by atoms with van der Waals surface area (Å²) in [6.07, 6.45) is 1.06. The summed E-state index contributed by atoms with van der Waals surface area (Å²) >= 11 is 0. The van der Waals surface area contributed by atoms with Crippen molar-refractivity contribution in [1.29, 1.82) is 0 Å². The van der Waals surface area contributed by atoms with E-state index in [-0.39, 0.29) is 11.5 Å². The summed E-state index contributed by atoms with van der Waals surface area (Å²) in [5, 5.41) is 20.0. The fourth-order valence-electron chi connectivity index (χ4n) is 3.94. The molecule has 0 bridgehead atoms. The summed E-state index contributed by atoms with van der Waals surface area (Å²) in [5.74, 6) is -1.10. The van der Waals surface area contributed by atoms with E-state index >= 15 is 0 Å². The minimum Gasteiger partial charge on any atom is -0.478 e. The number of hydrogen-bond acceptors (Lipinski definition) is 5. The Morgan fingerprint density at radius 3 is 2.41 bits per heavy atom. The van der Waals surface area contributed by atoms with Crippen molar-refractivity contribution in [1.82, 2.24) is 13.5 Å². The van der Waals surface area contributed by atoms with Crippen molar-refractivity contribution in [3.63, 3.8) is 0 Å². The molecule has 0 amide bonds. The molecule has 27 heavy (non-hydrogen) atoms. The van der Waals surface area contributed by atoms with Crippen molar-refractivity contribution >= 4 is 16.2 Å². The number of aromatic carboxylic acids is 1. The molecule has 0 aliphatic carbocycles. The number of benzene rings is 1. The SMILES string of the molecule is CN(C)S(=O)(=O)N1CC[C@]2(O)CCN(Cc3ccc(C(=O)O)cc3)C[C@@H]2C1. The second kappa shape index (κ2) is 7.48. The highest BCUT2D eigenvalue weighted by molar-refractivity contribution is 7.86. The number of aliphatic hydroxyl groups is 1. The molecule has 2 saturated heterocycles. The number of carboxylic acid groups (broad SMARTS) is 1. The maximum absolute atomic E-state index is 12.4. The van der Waals surface area contributed by atoms with Gasteiger partial charge in [0.05, 0.1) is 11.2 Å². The van der Waals surface area contributed by atoms with Crippen LogP contribution >= 0.6 is 0 Å². The van der Waals surface area contributed by atoms with E-state index in [0.29, 0.717) is 39.0 Å². The van der Waals surface area contributed by atoms with E-state index in [2.05, 4.69) is 4.90 Å². The van der Waals surface area contributed by atoms with Gasteiger partial charge in [0.25, 0.3) is 10.2 Å². The zero-order valence-electron chi connectivity index (χ0n) is 15.7. The molecule has 3 rings (SSSR count). The number of likely N-dealkylation sites (tertiary alicyclic amines) is 1. The third-order valence-corrected chi connectivity index (χ3v) is 7.62. The number of piperidine rings is 2. The topological polar surface area (TPSA) is 101 Å². The maximum atomic E-state index is 12.4. The van der Waals surface area contributed by atoms with E-state index in [4.69, 9.17) is 5.11 Å². The van der Waals surface area contributed by atoms with Crippen LogP contribution in [0.25, 0.3) is 0 Å². The molecule has 0 aromatic heterocycles. The molecule has 0 radical (unpaired) electrons. The molecular formula is C18H27N3O5S. The van der Waals surface area contributed by atoms with Gasteiger partial charge in [-0.15, -0.1) is 0 Å². The molecule has 2 N–H and O–H groups in total. The lowest BCUT2D eigenvalue weighted by Gasteiger charge is -2.50. The summed E-state index contributed by atoms with van der Waals surface area (Å²) in [6, 6.07) is 6.77. The molecule has 2 atom stereocenters. The molecule has 2 aliphatic heterocycles. The first-order chi connectivity index (χ1) is 12.6. The highest BCUT2D eigenvalue weighted by Crippen LogP contribution is 2.36. The van der Waals surface area contributed by atoms with E-state index in [1.54, 1.807) is 24.3 Å². The highest BCUT2D eigenvalue weighted by Gasteiger charge is 2.47. The van der Waals surface area contributed by atoms with Gasteiger partial charge in [-0.25, -0.2) is 4.79 Å². The third kappa shape index (κ3) is 4.17. The van der Waals surface area contributed by atoms with Crippen molar-refractivity contribution in [3.8, 4) is 0 Å². The lowest BCUT2D eigenvalue weighted by Crippen LogP contribution is -2.61. The van der Waals surface area contributed by atoms with E-state index in [0.717, 1.165) is 12.1 Å². The highest BCUT2D eigenvalue weighted by atomic mass is 32.2. The molecule has 8 nitrogen and oxygen atoms in total. The molecule has 1 aromatic carbocycles. The lowest BCUT2D eigenvalue weighted by molar-refractivity contribution is -0.103. The van der Waals surface area contributed by atoms with E-state index in [1.807, 2.05) is 0 Å². The van der Waals surface area contributed by atoms with Crippen molar-refractivity contribution in [2.75, 3.05) is 40.3 Å². The minimum absolute atomic E-state index is 0.145. The van der Waals surface area contributed by atoms with Crippen LogP contribution in [-0.4, -0.2) is 84.0 Å². The van der Waals surface area contributed by atoms with Crippen molar-refractivity contribution in [3.05, 3.63) is 35.4 Å². The first kappa shape index (κ1) is 20.2. The summed E-state index contributed by atoms with van der Waals surface area (Å²) in [6.45, 7) is 2.63. The smallest absolute Gasteiger partial charge is 0.335 e. The molecule has 150 valence electrons. The molecule has 0 spiro atoms. The van der Waals surface area contributed by atoms with Crippen LogP contribution in [-0.2, 0) is 16.8 Å². The van der Waals surface area contributed by atoms with Crippen molar-refractivity contribution < 1.29 is 23.4 Å². The normalized spacial score (nSPS) is 27.5. The number of carbonyl (C=O) groups is 1. The van der Waals surface area contributed by atoms with Crippen LogP contribution in [0.5, 0.6) is 0 Å². The Hall–Kier alpha value is -1.52. The largest absolute Gasteiger partial charge is 0.478 e. The second-order valence-corrected chi connectivity index (χ2v) is 9.83. The van der Waals surface area contributed by atoms with Gasteiger partial charge in [-0.05, 0) is 30.5 Å². The summed E-state index contributed by atoms with van der Waals surface area (Å²) < 4.78 is 27.5. The van der Waals surface area contributed by atoms with E-state index in [1.165, 1.54) is 22.7 Å². The Labute approximate surface area is 160 Å². The monoisotopic (exact) mass is 397 g/mol. The average molecular weight is 397 g/mol. The van der Waals surface area contributed by atoms with Crippen LogP contribution in [0.1, 0.15) is 28.8 Å².